The summed E-state index contributed by atoms with van der Waals surface area (Å²) in [6.45, 7) is 7.85. The highest BCUT2D eigenvalue weighted by molar-refractivity contribution is 5.92. The summed E-state index contributed by atoms with van der Waals surface area (Å²) in [6.07, 6.45) is 1.15. The van der Waals surface area contributed by atoms with Crippen molar-refractivity contribution >= 4 is 11.6 Å². The molecule has 1 rings (SSSR count). The number of anilines is 1. The van der Waals surface area contributed by atoms with Gasteiger partial charge in [-0.1, -0.05) is 26.8 Å². The molecule has 0 aliphatic rings. The first-order valence-electron chi connectivity index (χ1n) is 6.10. The van der Waals surface area contributed by atoms with Crippen LogP contribution in [-0.4, -0.2) is 12.0 Å². The molecule has 0 saturated heterocycles. The summed E-state index contributed by atoms with van der Waals surface area (Å²) in [4.78, 5) is 11.5. The van der Waals surface area contributed by atoms with E-state index in [4.69, 9.17) is 4.74 Å². The van der Waals surface area contributed by atoms with Crippen LogP contribution in [0.4, 0.5) is 5.69 Å². The zero-order chi connectivity index (χ0) is 12.8. The van der Waals surface area contributed by atoms with E-state index in [-0.39, 0.29) is 19.4 Å². The van der Waals surface area contributed by atoms with Gasteiger partial charge in [-0.05, 0) is 25.5 Å². The largest absolute Gasteiger partial charge is 0.491 e. The Labute approximate surface area is 105 Å². The van der Waals surface area contributed by atoms with Crippen LogP contribution in [0.3, 0.4) is 0 Å². The predicted octanol–water partition coefficient (Wildman–Crippen LogP) is 3.70. The number of rotatable bonds is 5. The van der Waals surface area contributed by atoms with Crippen molar-refractivity contribution in [3.63, 3.8) is 0 Å². The SMILES string of the molecule is CCC(C)Oc1cccc(NC(=O)C(C)C)c1.[HH]. The minimum Gasteiger partial charge on any atom is -0.491 e. The normalized spacial score (nSPS) is 12.3. The quantitative estimate of drug-likeness (QED) is 0.848. The summed E-state index contributed by atoms with van der Waals surface area (Å²) in [6, 6.07) is 7.50. The molecule has 0 aromatic heterocycles. The van der Waals surface area contributed by atoms with Crippen LogP contribution in [0.2, 0.25) is 0 Å². The fourth-order valence-electron chi connectivity index (χ4n) is 1.25. The van der Waals surface area contributed by atoms with E-state index in [9.17, 15) is 4.79 Å². The fraction of sp³-hybridized carbons (Fsp3) is 0.500. The molecule has 0 radical (unpaired) electrons. The molecule has 1 aromatic carbocycles. The minimum absolute atomic E-state index is 0. The Morgan fingerprint density at radius 3 is 2.71 bits per heavy atom. The van der Waals surface area contributed by atoms with Gasteiger partial charge in [0.2, 0.25) is 5.91 Å². The van der Waals surface area contributed by atoms with Crippen LogP contribution in [0.1, 0.15) is 35.5 Å². The lowest BCUT2D eigenvalue weighted by Crippen LogP contribution is -2.17. The summed E-state index contributed by atoms with van der Waals surface area (Å²) >= 11 is 0. The maximum absolute atomic E-state index is 11.5. The van der Waals surface area contributed by atoms with Crippen molar-refractivity contribution in [2.45, 2.75) is 40.2 Å². The molecule has 1 amide bonds. The maximum atomic E-state index is 11.5. The van der Waals surface area contributed by atoms with Crippen LogP contribution in [0.15, 0.2) is 24.3 Å². The van der Waals surface area contributed by atoms with Crippen molar-refractivity contribution in [3.8, 4) is 5.75 Å². The molecule has 1 aromatic rings. The lowest BCUT2D eigenvalue weighted by molar-refractivity contribution is -0.118. The van der Waals surface area contributed by atoms with Crippen molar-refractivity contribution in [3.05, 3.63) is 24.3 Å². The smallest absolute Gasteiger partial charge is 0.226 e. The summed E-state index contributed by atoms with van der Waals surface area (Å²) in [5, 5.41) is 2.85. The molecule has 96 valence electrons. The van der Waals surface area contributed by atoms with E-state index in [0.29, 0.717) is 0 Å². The van der Waals surface area contributed by atoms with E-state index in [2.05, 4.69) is 12.2 Å². The Bertz CT molecular complexity index is 380. The average Bonchev–Trinajstić information content (AvgIpc) is 2.29. The molecule has 17 heavy (non-hydrogen) atoms. The number of ether oxygens (including phenoxy) is 1. The number of nitrogens with one attached hydrogen (secondary N) is 1. The summed E-state index contributed by atoms with van der Waals surface area (Å²) in [5.41, 5.74) is 0.782. The third kappa shape index (κ3) is 4.47. The molecule has 3 nitrogen and oxygen atoms in total. The van der Waals surface area contributed by atoms with Crippen LogP contribution < -0.4 is 10.1 Å². The topological polar surface area (TPSA) is 38.3 Å². The highest BCUT2D eigenvalue weighted by atomic mass is 16.5. The van der Waals surface area contributed by atoms with E-state index >= 15 is 0 Å². The molecule has 3 heteroatoms. The van der Waals surface area contributed by atoms with Crippen molar-refractivity contribution in [1.29, 1.82) is 0 Å². The predicted molar refractivity (Wildman–Crippen MR) is 72.4 cm³/mol. The zero-order valence-corrected chi connectivity index (χ0v) is 11.0. The summed E-state index contributed by atoms with van der Waals surface area (Å²) in [5.74, 6) is 0.792. The van der Waals surface area contributed by atoms with Gasteiger partial charge < -0.3 is 10.1 Å². The first kappa shape index (κ1) is 13.6. The van der Waals surface area contributed by atoms with Crippen LogP contribution in [0.5, 0.6) is 5.75 Å². The van der Waals surface area contributed by atoms with E-state index < -0.39 is 0 Å². The third-order valence-electron chi connectivity index (χ3n) is 2.54. The van der Waals surface area contributed by atoms with Gasteiger partial charge in [-0.25, -0.2) is 0 Å². The molecule has 1 atom stereocenters. The maximum Gasteiger partial charge on any atom is 0.226 e. The number of hydrogen-bond donors (Lipinski definition) is 1. The van der Waals surface area contributed by atoms with Gasteiger partial charge >= 0.3 is 0 Å². The second kappa shape index (κ2) is 6.28. The summed E-state index contributed by atoms with van der Waals surface area (Å²) < 4.78 is 5.69. The Morgan fingerprint density at radius 2 is 2.12 bits per heavy atom. The number of amides is 1. The summed E-state index contributed by atoms with van der Waals surface area (Å²) in [7, 11) is 0. The number of benzene rings is 1. The first-order chi connectivity index (χ1) is 8.02. The molecule has 1 N–H and O–H groups in total. The second-order valence-electron chi connectivity index (χ2n) is 4.51. The molecule has 0 fully saturated rings. The molecule has 0 saturated carbocycles. The van der Waals surface area contributed by atoms with Crippen molar-refractivity contribution < 1.29 is 11.0 Å². The number of hydrogen-bond acceptors (Lipinski definition) is 2. The van der Waals surface area contributed by atoms with Gasteiger partial charge in [0.1, 0.15) is 5.75 Å². The van der Waals surface area contributed by atoms with Crippen LogP contribution in [0.25, 0.3) is 0 Å². The Kier molecular flexibility index (Phi) is 5.01. The van der Waals surface area contributed by atoms with Crippen molar-refractivity contribution in [2.24, 2.45) is 5.92 Å². The standard InChI is InChI=1S/C14H21NO2.H2/c1-5-11(4)17-13-8-6-7-12(9-13)15-14(16)10(2)3;/h6-11H,5H2,1-4H3,(H,15,16);1H. The first-order valence-corrected chi connectivity index (χ1v) is 6.10. The van der Waals surface area contributed by atoms with Gasteiger partial charge in [0, 0.05) is 19.1 Å². The molecule has 0 bridgehead atoms. The number of carbonyl (C=O) groups excluding carboxylic acids is 1. The highest BCUT2D eigenvalue weighted by Crippen LogP contribution is 2.19. The molecule has 1 unspecified atom stereocenters. The van der Waals surface area contributed by atoms with Gasteiger partial charge in [0.25, 0.3) is 0 Å². The fourth-order valence-corrected chi connectivity index (χ4v) is 1.25. The second-order valence-corrected chi connectivity index (χ2v) is 4.51. The van der Waals surface area contributed by atoms with Gasteiger partial charge in [-0.2, -0.15) is 0 Å². The zero-order valence-electron chi connectivity index (χ0n) is 11.0. The molecular formula is C14H23NO2. The van der Waals surface area contributed by atoms with E-state index in [1.165, 1.54) is 0 Å². The molecule has 0 heterocycles. The third-order valence-corrected chi connectivity index (χ3v) is 2.54. The molecule has 0 aliphatic heterocycles. The molecular weight excluding hydrogens is 214 g/mol. The van der Waals surface area contributed by atoms with Gasteiger partial charge in [0.05, 0.1) is 6.10 Å². The monoisotopic (exact) mass is 237 g/mol. The van der Waals surface area contributed by atoms with Crippen molar-refractivity contribution in [1.82, 2.24) is 0 Å². The van der Waals surface area contributed by atoms with Crippen LogP contribution in [-0.2, 0) is 4.79 Å². The Hall–Kier alpha value is -1.51. The lowest BCUT2D eigenvalue weighted by atomic mass is 10.2. The molecule has 0 aliphatic carbocycles. The van der Waals surface area contributed by atoms with E-state index in [0.717, 1.165) is 17.9 Å². The van der Waals surface area contributed by atoms with E-state index in [1.807, 2.05) is 45.0 Å². The Morgan fingerprint density at radius 1 is 1.41 bits per heavy atom. The Balaban J connectivity index is 0.00000289. The lowest BCUT2D eigenvalue weighted by Gasteiger charge is -2.14. The van der Waals surface area contributed by atoms with Gasteiger partial charge in [0.15, 0.2) is 0 Å². The number of carbonyl (C=O) groups is 1. The van der Waals surface area contributed by atoms with Gasteiger partial charge in [-0.15, -0.1) is 0 Å². The highest BCUT2D eigenvalue weighted by Gasteiger charge is 2.08. The van der Waals surface area contributed by atoms with Crippen LogP contribution in [0, 0.1) is 5.92 Å². The van der Waals surface area contributed by atoms with Crippen molar-refractivity contribution in [2.75, 3.05) is 5.32 Å². The van der Waals surface area contributed by atoms with E-state index in [1.54, 1.807) is 0 Å². The van der Waals surface area contributed by atoms with Crippen LogP contribution >= 0.6 is 0 Å². The van der Waals surface area contributed by atoms with Gasteiger partial charge in [-0.3, -0.25) is 4.79 Å². The minimum atomic E-state index is -0.0193. The average molecular weight is 237 g/mol. The molecule has 0 spiro atoms.